The zero-order chi connectivity index (χ0) is 65.5. The van der Waals surface area contributed by atoms with Gasteiger partial charge in [-0.2, -0.15) is 0 Å². The predicted octanol–water partition coefficient (Wildman–Crippen LogP) is 13.5. The molecule has 0 aromatic heterocycles. The number of rotatable bonds is 14. The van der Waals surface area contributed by atoms with Crippen molar-refractivity contribution in [3.8, 4) is 0 Å². The first kappa shape index (κ1) is 81.6. The van der Waals surface area contributed by atoms with Gasteiger partial charge in [0, 0.05) is 39.5 Å². The van der Waals surface area contributed by atoms with Crippen molar-refractivity contribution < 1.29 is 91.0 Å². The van der Waals surface area contributed by atoms with Crippen LogP contribution in [0.25, 0.3) is 0 Å². The number of allylic oxidation sites excluding steroid dienone is 1. The molecule has 12 saturated carbocycles. The van der Waals surface area contributed by atoms with Crippen molar-refractivity contribution in [3.05, 3.63) is 11.6 Å². The molecule has 0 bridgehead atoms. The van der Waals surface area contributed by atoms with Crippen molar-refractivity contribution >= 4 is 32.1 Å². The van der Waals surface area contributed by atoms with Crippen LogP contribution in [0.3, 0.4) is 0 Å². The molecular formula is C80H137BNaO12. The van der Waals surface area contributed by atoms with Gasteiger partial charge >= 0.3 is 47.5 Å². The summed E-state index contributed by atoms with van der Waals surface area (Å²) in [6, 6.07) is 0. The van der Waals surface area contributed by atoms with Crippen molar-refractivity contribution in [2.24, 2.45) is 151 Å². The summed E-state index contributed by atoms with van der Waals surface area (Å²) in [6.45, 7) is 27.9. The van der Waals surface area contributed by atoms with Crippen LogP contribution in [-0.4, -0.2) is 103 Å². The van der Waals surface area contributed by atoms with Crippen LogP contribution in [0.5, 0.6) is 0 Å². The summed E-state index contributed by atoms with van der Waals surface area (Å²) in [4.78, 5) is 47.3. The fraction of sp³-hybridized carbons (Fsp3) is 0.925. The number of aliphatic hydroxyl groups is 5. The van der Waals surface area contributed by atoms with Crippen LogP contribution in [0, 0.1) is 151 Å². The fourth-order valence-electron chi connectivity index (χ4n) is 27.7. The SMILES string of the molecule is C.C.C/C=C1/[C@@H](O)[C@@H]2[C@H](CC[C@]3(C)[C@@H]([C@H](C)CCC(=O)O)CC[C@@H]23)[C@@]2(C)CC[C@@H](O)C[C@@H]12.CC[C@H]1C(=O)[C@@H]2[C@H](CC[C@]3(C)[C@@H]([C@H](C)CCC(=O)O)CC[C@@H]23)[C@@]2(C)CC[C@@H](O)C[C@@H]12.CC[C@H]1[C@@H](O)[C@@H]2[C@H](CC[C@]3(C)[C@@H]([C@H](C)CCC(=O)O)CC[C@@H]23)[C@@]2(C)CC[C@@H](O)C[C@@H]12.[B].[H-].[Na+]. The standard InChI is InChI=1S/C26H44O4.2C26H42O4.2CH4.B.Na.H/c3*1-5-17-21-14-16(27)10-12-26(21,4)20-11-13-25(3)18(15(2)6-9-22(28)29)7-8-19(25)23(20)24(17)30;;;;;/h15-21,23-24,27,30H,5-14H2,1-4H3,(H,28,29);15-21,23,27H,5-14H2,1-4H3,(H,28,29);5,15-16,18-21,23-24,27,30H,6-14H2,1-4H3,(H,28,29);2*1H4;;;/q;;;;;;+1;-1/b;;17-5+;;;;;/t15-,16-,17-,18-,19+,20+,21+,23+,24-,25-,26-;15-,16-,17-,18-,19+,20+,21+,23+,25-,26-;15-,16-,18-,19+,20+,21+,23+,24-,25-,26-;;;;;/m111...../s1. The van der Waals surface area contributed by atoms with Gasteiger partial charge in [-0.1, -0.05) is 104 Å². The van der Waals surface area contributed by atoms with Gasteiger partial charge in [0.15, 0.2) is 0 Å². The third kappa shape index (κ3) is 14.2. The van der Waals surface area contributed by atoms with Gasteiger partial charge in [-0.25, -0.2) is 0 Å². The van der Waals surface area contributed by atoms with Crippen LogP contribution in [0.2, 0.25) is 0 Å². The summed E-state index contributed by atoms with van der Waals surface area (Å²) in [7, 11) is 0. The minimum atomic E-state index is -0.697. The fourth-order valence-corrected chi connectivity index (χ4v) is 27.7. The minimum absolute atomic E-state index is 0. The maximum Gasteiger partial charge on any atom is 1.00 e. The largest absolute Gasteiger partial charge is 1.00 e. The van der Waals surface area contributed by atoms with Gasteiger partial charge in [0.2, 0.25) is 0 Å². The number of carbonyl (C=O) groups excluding carboxylic acids is 1. The summed E-state index contributed by atoms with van der Waals surface area (Å²) in [5, 5.41) is 82.0. The molecule has 94 heavy (non-hydrogen) atoms. The molecule has 12 rings (SSSR count). The molecule has 12 fully saturated rings. The second-order valence-corrected chi connectivity index (χ2v) is 35.5. The summed E-state index contributed by atoms with van der Waals surface area (Å²) < 4.78 is 0. The Morgan fingerprint density at radius 2 is 0.830 bits per heavy atom. The second-order valence-electron chi connectivity index (χ2n) is 35.5. The number of aliphatic hydroxyl groups excluding tert-OH is 5. The van der Waals surface area contributed by atoms with Gasteiger partial charge in [-0.15, -0.1) is 0 Å². The van der Waals surface area contributed by atoms with E-state index in [2.05, 4.69) is 89.2 Å². The topological polar surface area (TPSA) is 230 Å². The maximum atomic E-state index is 13.9. The molecule has 0 amide bonds. The molecule has 533 valence electrons. The average molecular weight is 1320 g/mol. The third-order valence-electron chi connectivity index (χ3n) is 32.2. The quantitative estimate of drug-likeness (QED) is 0.0600. The molecule has 0 aromatic carbocycles. The van der Waals surface area contributed by atoms with Crippen LogP contribution in [-0.2, 0) is 19.2 Å². The molecular weight excluding hydrogens is 1190 g/mol. The molecule has 12 aliphatic rings. The van der Waals surface area contributed by atoms with E-state index < -0.39 is 17.9 Å². The number of carboxylic acids is 3. The molecule has 14 heteroatoms. The van der Waals surface area contributed by atoms with Gasteiger partial charge < -0.3 is 42.3 Å². The van der Waals surface area contributed by atoms with Crippen molar-refractivity contribution in [2.45, 2.75) is 315 Å². The van der Waals surface area contributed by atoms with Crippen molar-refractivity contribution in [1.82, 2.24) is 0 Å². The summed E-state index contributed by atoms with van der Waals surface area (Å²) in [5.74, 6) is 6.83. The van der Waals surface area contributed by atoms with E-state index in [4.69, 9.17) is 15.3 Å². The molecule has 0 aliphatic heterocycles. The van der Waals surface area contributed by atoms with Crippen molar-refractivity contribution in [2.75, 3.05) is 0 Å². The molecule has 0 aromatic rings. The van der Waals surface area contributed by atoms with Crippen LogP contribution in [0.1, 0.15) is 286 Å². The molecule has 8 N–H and O–H groups in total. The number of Topliss-reactive ketones (excluding diaryl/α,β-unsaturated/α-hetero) is 1. The Morgan fingerprint density at radius 1 is 0.479 bits per heavy atom. The van der Waals surface area contributed by atoms with E-state index in [0.717, 1.165) is 122 Å². The van der Waals surface area contributed by atoms with E-state index in [1.165, 1.54) is 50.5 Å². The number of ketones is 1. The summed E-state index contributed by atoms with van der Waals surface area (Å²) in [6.07, 6.45) is 28.3. The molecule has 0 heterocycles. The molecule has 3 radical (unpaired) electrons. The number of aliphatic carboxylic acids is 3. The molecule has 12 aliphatic carbocycles. The number of hydrogen-bond donors (Lipinski definition) is 8. The van der Waals surface area contributed by atoms with Gasteiger partial charge in [0.05, 0.1) is 30.5 Å². The van der Waals surface area contributed by atoms with Gasteiger partial charge in [-0.3, -0.25) is 19.2 Å². The molecule has 12 nitrogen and oxygen atoms in total. The minimum Gasteiger partial charge on any atom is -1.00 e. The Morgan fingerprint density at radius 3 is 1.27 bits per heavy atom. The van der Waals surface area contributed by atoms with Gasteiger partial charge in [0.1, 0.15) is 5.78 Å². The zero-order valence-corrected chi connectivity index (χ0v) is 61.8. The smallest absolute Gasteiger partial charge is 1.00 e. The Labute approximate surface area is 596 Å². The van der Waals surface area contributed by atoms with E-state index in [0.29, 0.717) is 112 Å². The normalized spacial score (nSPS) is 48.2. The Balaban J connectivity index is 0.000000251. The second kappa shape index (κ2) is 31.5. The van der Waals surface area contributed by atoms with E-state index in [1.807, 2.05) is 0 Å². The van der Waals surface area contributed by atoms with Crippen molar-refractivity contribution in [1.29, 1.82) is 0 Å². The number of hydrogen-bond acceptors (Lipinski definition) is 9. The average Bonchev–Trinajstić information content (AvgIpc) is 1.69. The maximum absolute atomic E-state index is 13.9. The zero-order valence-electron chi connectivity index (χ0n) is 60.8. The number of carbonyl (C=O) groups is 4. The van der Waals surface area contributed by atoms with Crippen LogP contribution in [0.4, 0.5) is 0 Å². The van der Waals surface area contributed by atoms with Crippen LogP contribution >= 0.6 is 0 Å². The predicted molar refractivity (Wildman–Crippen MR) is 373 cm³/mol. The monoisotopic (exact) mass is 1320 g/mol. The van der Waals surface area contributed by atoms with Gasteiger partial charge in [0.25, 0.3) is 0 Å². The molecule has 0 unspecified atom stereocenters. The van der Waals surface area contributed by atoms with Crippen LogP contribution in [0.15, 0.2) is 11.6 Å². The van der Waals surface area contributed by atoms with E-state index in [1.54, 1.807) is 0 Å². The summed E-state index contributed by atoms with van der Waals surface area (Å²) >= 11 is 0. The molecule has 31 atom stereocenters. The van der Waals surface area contributed by atoms with Crippen molar-refractivity contribution in [3.63, 3.8) is 0 Å². The Kier molecular flexibility index (Phi) is 27.4. The summed E-state index contributed by atoms with van der Waals surface area (Å²) in [5.41, 5.74) is 2.41. The number of carboxylic acid groups (broad SMARTS) is 3. The first-order valence-electron chi connectivity index (χ1n) is 37.6. The number of fused-ring (bicyclic) bond motifs is 15. The first-order valence-corrected chi connectivity index (χ1v) is 37.6. The third-order valence-corrected chi connectivity index (χ3v) is 32.2. The van der Waals surface area contributed by atoms with Crippen LogP contribution < -0.4 is 29.6 Å². The Hall–Kier alpha value is -1.32. The molecule has 0 spiro atoms. The van der Waals surface area contributed by atoms with E-state index in [9.17, 15) is 44.7 Å². The van der Waals surface area contributed by atoms with Gasteiger partial charge in [-0.05, 0) is 312 Å². The van der Waals surface area contributed by atoms with E-state index in [-0.39, 0.29) is 148 Å². The first-order chi connectivity index (χ1) is 42.4. The van der Waals surface area contributed by atoms with E-state index >= 15 is 0 Å². The Bertz CT molecular complexity index is 2610. The molecule has 0 saturated heterocycles.